The maximum absolute atomic E-state index is 12.2. The van der Waals surface area contributed by atoms with Gasteiger partial charge in [-0.3, -0.25) is 14.5 Å². The molecule has 0 bridgehead atoms. The normalized spacial score (nSPS) is 16.0. The molecule has 1 aliphatic rings. The van der Waals surface area contributed by atoms with Crippen LogP contribution in [0.3, 0.4) is 0 Å². The average molecular weight is 394 g/mol. The molecule has 1 fully saturated rings. The molecule has 0 radical (unpaired) electrons. The minimum Gasteiger partial charge on any atom is -0.468 e. The van der Waals surface area contributed by atoms with Gasteiger partial charge in [-0.05, 0) is 24.3 Å². The highest BCUT2D eigenvalue weighted by molar-refractivity contribution is 7.99. The summed E-state index contributed by atoms with van der Waals surface area (Å²) in [5.74, 6) is 1.41. The first-order valence-corrected chi connectivity index (χ1v) is 9.87. The van der Waals surface area contributed by atoms with Crippen LogP contribution in [0.2, 0.25) is 5.02 Å². The Kier molecular flexibility index (Phi) is 6.60. The van der Waals surface area contributed by atoms with Crippen molar-refractivity contribution in [2.45, 2.75) is 6.04 Å². The van der Waals surface area contributed by atoms with Crippen LogP contribution in [0.15, 0.2) is 47.1 Å². The van der Waals surface area contributed by atoms with Gasteiger partial charge in [0.05, 0.1) is 23.0 Å². The summed E-state index contributed by atoms with van der Waals surface area (Å²) in [5.41, 5.74) is 0.407. The topological polar surface area (TPSA) is 74.6 Å². The molecule has 1 atom stereocenters. The van der Waals surface area contributed by atoms with Gasteiger partial charge in [0.2, 0.25) is 0 Å². The molecule has 1 unspecified atom stereocenters. The van der Waals surface area contributed by atoms with Crippen LogP contribution < -0.4 is 10.6 Å². The van der Waals surface area contributed by atoms with Crippen molar-refractivity contribution in [1.82, 2.24) is 10.2 Å². The zero-order valence-corrected chi connectivity index (χ0v) is 15.7. The lowest BCUT2D eigenvalue weighted by atomic mass is 10.2. The van der Waals surface area contributed by atoms with E-state index >= 15 is 0 Å². The Morgan fingerprint density at radius 3 is 2.62 bits per heavy atom. The molecule has 1 saturated heterocycles. The number of carbonyl (C=O) groups is 2. The molecule has 0 saturated carbocycles. The largest absolute Gasteiger partial charge is 0.468 e. The molecule has 1 aromatic heterocycles. The molecule has 6 nitrogen and oxygen atoms in total. The lowest BCUT2D eigenvalue weighted by Gasteiger charge is -2.33. The van der Waals surface area contributed by atoms with E-state index in [0.717, 1.165) is 30.4 Å². The zero-order valence-electron chi connectivity index (χ0n) is 14.1. The summed E-state index contributed by atoms with van der Waals surface area (Å²) in [7, 11) is 0. The van der Waals surface area contributed by atoms with Gasteiger partial charge in [-0.25, -0.2) is 0 Å². The van der Waals surface area contributed by atoms with Crippen molar-refractivity contribution in [1.29, 1.82) is 0 Å². The number of rotatable bonds is 5. The molecule has 2 amide bonds. The lowest BCUT2D eigenvalue weighted by molar-refractivity contribution is -0.136. The van der Waals surface area contributed by atoms with Crippen LogP contribution in [-0.2, 0) is 9.59 Å². The molecular weight excluding hydrogens is 374 g/mol. The summed E-state index contributed by atoms with van der Waals surface area (Å²) < 4.78 is 5.54. The van der Waals surface area contributed by atoms with E-state index in [2.05, 4.69) is 15.5 Å². The van der Waals surface area contributed by atoms with Crippen LogP contribution in [0.1, 0.15) is 11.8 Å². The smallest absolute Gasteiger partial charge is 0.313 e. The molecule has 8 heteroatoms. The summed E-state index contributed by atoms with van der Waals surface area (Å²) in [5, 5.41) is 5.61. The van der Waals surface area contributed by atoms with E-state index in [1.807, 2.05) is 23.9 Å². The Morgan fingerprint density at radius 2 is 1.92 bits per heavy atom. The van der Waals surface area contributed by atoms with E-state index in [0.29, 0.717) is 17.3 Å². The zero-order chi connectivity index (χ0) is 18.4. The summed E-state index contributed by atoms with van der Waals surface area (Å²) in [4.78, 5) is 26.6. The van der Waals surface area contributed by atoms with Crippen molar-refractivity contribution in [2.24, 2.45) is 0 Å². The highest BCUT2D eigenvalue weighted by Gasteiger charge is 2.26. The van der Waals surface area contributed by atoms with E-state index in [1.165, 1.54) is 0 Å². The Bertz CT molecular complexity index is 748. The number of nitrogens with zero attached hydrogens (tertiary/aromatic N) is 1. The summed E-state index contributed by atoms with van der Waals surface area (Å²) in [6.07, 6.45) is 1.62. The summed E-state index contributed by atoms with van der Waals surface area (Å²) in [6, 6.07) is 10.4. The SMILES string of the molecule is O=C(NCC(c1ccco1)N1CCSCC1)C(=O)Nc1ccccc1Cl. The minimum atomic E-state index is -0.745. The van der Waals surface area contributed by atoms with Crippen LogP contribution >= 0.6 is 23.4 Å². The van der Waals surface area contributed by atoms with Crippen LogP contribution in [0.25, 0.3) is 0 Å². The Labute approximate surface area is 161 Å². The van der Waals surface area contributed by atoms with Gasteiger partial charge in [-0.1, -0.05) is 23.7 Å². The number of halogens is 1. The number of thioether (sulfide) groups is 1. The first kappa shape index (κ1) is 18.8. The molecule has 138 valence electrons. The number of hydrogen-bond acceptors (Lipinski definition) is 5. The Morgan fingerprint density at radius 1 is 1.15 bits per heavy atom. The second-order valence-electron chi connectivity index (χ2n) is 5.82. The van der Waals surface area contributed by atoms with Gasteiger partial charge in [-0.15, -0.1) is 0 Å². The molecule has 26 heavy (non-hydrogen) atoms. The molecule has 1 aliphatic heterocycles. The number of amides is 2. The molecule has 2 aromatic rings. The quantitative estimate of drug-likeness (QED) is 0.764. The standard InChI is InChI=1S/C18H20ClN3O3S/c19-13-4-1-2-5-14(13)21-18(24)17(23)20-12-15(16-6-3-9-25-16)22-7-10-26-11-8-22/h1-6,9,15H,7-8,10-12H2,(H,20,23)(H,21,24). The highest BCUT2D eigenvalue weighted by atomic mass is 35.5. The fraction of sp³-hybridized carbons (Fsp3) is 0.333. The predicted molar refractivity (Wildman–Crippen MR) is 103 cm³/mol. The maximum Gasteiger partial charge on any atom is 0.313 e. The third kappa shape index (κ3) is 4.81. The minimum absolute atomic E-state index is 0.0945. The maximum atomic E-state index is 12.2. The fourth-order valence-corrected chi connectivity index (χ4v) is 3.91. The third-order valence-corrected chi connectivity index (χ3v) is 5.41. The van der Waals surface area contributed by atoms with Crippen LogP contribution in [-0.4, -0.2) is 47.9 Å². The third-order valence-electron chi connectivity index (χ3n) is 4.14. The molecule has 2 heterocycles. The highest BCUT2D eigenvalue weighted by Crippen LogP contribution is 2.24. The average Bonchev–Trinajstić information content (AvgIpc) is 3.19. The molecular formula is C18H20ClN3O3S. The van der Waals surface area contributed by atoms with Crippen LogP contribution in [0, 0.1) is 0 Å². The molecule has 1 aromatic carbocycles. The number of carbonyl (C=O) groups excluding carboxylic acids is 2. The Hall–Kier alpha value is -1.96. The van der Waals surface area contributed by atoms with E-state index < -0.39 is 11.8 Å². The van der Waals surface area contributed by atoms with Gasteiger partial charge in [0.1, 0.15) is 5.76 Å². The van der Waals surface area contributed by atoms with Gasteiger partial charge in [0.25, 0.3) is 0 Å². The van der Waals surface area contributed by atoms with Crippen molar-refractivity contribution < 1.29 is 14.0 Å². The monoisotopic (exact) mass is 393 g/mol. The summed E-state index contributed by atoms with van der Waals surface area (Å²) in [6.45, 7) is 2.13. The van der Waals surface area contributed by atoms with Crippen LogP contribution in [0.5, 0.6) is 0 Å². The summed E-state index contributed by atoms with van der Waals surface area (Å²) >= 11 is 7.91. The van der Waals surface area contributed by atoms with E-state index in [9.17, 15) is 9.59 Å². The van der Waals surface area contributed by atoms with E-state index in [1.54, 1.807) is 30.5 Å². The van der Waals surface area contributed by atoms with Gasteiger partial charge >= 0.3 is 11.8 Å². The lowest BCUT2D eigenvalue weighted by Crippen LogP contribution is -2.44. The van der Waals surface area contributed by atoms with Gasteiger partial charge in [0.15, 0.2) is 0 Å². The number of benzene rings is 1. The van der Waals surface area contributed by atoms with E-state index in [4.69, 9.17) is 16.0 Å². The van der Waals surface area contributed by atoms with Gasteiger partial charge in [-0.2, -0.15) is 11.8 Å². The van der Waals surface area contributed by atoms with Crippen molar-refractivity contribution in [3.05, 3.63) is 53.4 Å². The van der Waals surface area contributed by atoms with Crippen molar-refractivity contribution in [3.63, 3.8) is 0 Å². The van der Waals surface area contributed by atoms with Gasteiger partial charge < -0.3 is 15.1 Å². The first-order valence-electron chi connectivity index (χ1n) is 8.34. The predicted octanol–water partition coefficient (Wildman–Crippen LogP) is 2.78. The Balaban J connectivity index is 1.60. The second-order valence-corrected chi connectivity index (χ2v) is 7.46. The molecule has 2 N–H and O–H groups in total. The number of nitrogens with one attached hydrogen (secondary N) is 2. The van der Waals surface area contributed by atoms with Crippen molar-refractivity contribution >= 4 is 40.9 Å². The van der Waals surface area contributed by atoms with E-state index in [-0.39, 0.29) is 6.04 Å². The first-order chi connectivity index (χ1) is 12.6. The molecule has 0 spiro atoms. The number of anilines is 1. The van der Waals surface area contributed by atoms with Crippen molar-refractivity contribution in [2.75, 3.05) is 36.5 Å². The van der Waals surface area contributed by atoms with Gasteiger partial charge in [0, 0.05) is 31.1 Å². The van der Waals surface area contributed by atoms with Crippen LogP contribution in [0.4, 0.5) is 5.69 Å². The number of para-hydroxylation sites is 1. The second kappa shape index (κ2) is 9.12. The molecule has 0 aliphatic carbocycles. The number of furan rings is 1. The fourth-order valence-electron chi connectivity index (χ4n) is 2.79. The van der Waals surface area contributed by atoms with Crippen molar-refractivity contribution in [3.8, 4) is 0 Å². The number of hydrogen-bond donors (Lipinski definition) is 2. The molecule has 3 rings (SSSR count).